The van der Waals surface area contributed by atoms with Gasteiger partial charge >= 0.3 is 17.6 Å². The number of carbonyl (C=O) groups is 3. The molecule has 164 valence electrons. The van der Waals surface area contributed by atoms with Crippen molar-refractivity contribution in [1.29, 1.82) is 0 Å². The lowest BCUT2D eigenvalue weighted by atomic mass is 9.77. The molecule has 2 aromatic rings. The fourth-order valence-electron chi connectivity index (χ4n) is 4.35. The number of fused-ring (bicyclic) bond motifs is 1. The largest absolute Gasteiger partial charge is 0.459 e. The van der Waals surface area contributed by atoms with E-state index in [2.05, 4.69) is 12.2 Å². The van der Waals surface area contributed by atoms with Gasteiger partial charge in [0.05, 0.1) is 0 Å². The normalized spacial score (nSPS) is 23.5. The van der Waals surface area contributed by atoms with E-state index in [9.17, 15) is 19.2 Å². The van der Waals surface area contributed by atoms with Crippen LogP contribution in [0.25, 0.3) is 11.0 Å². The number of hydrogen-bond acceptors (Lipinski definition) is 6. The predicted molar refractivity (Wildman–Crippen MR) is 112 cm³/mol. The number of urea groups is 1. The van der Waals surface area contributed by atoms with Gasteiger partial charge in [-0.2, -0.15) is 0 Å². The van der Waals surface area contributed by atoms with Crippen molar-refractivity contribution in [2.45, 2.75) is 58.6 Å². The highest BCUT2D eigenvalue weighted by Gasteiger charge is 2.52. The average molecular weight is 426 g/mol. The van der Waals surface area contributed by atoms with Gasteiger partial charge in [0.2, 0.25) is 0 Å². The Bertz CT molecular complexity index is 1130. The third-order valence-corrected chi connectivity index (χ3v) is 6.49. The number of carbonyl (C=O) groups excluding carboxylic acids is 3. The van der Waals surface area contributed by atoms with Gasteiger partial charge < -0.3 is 14.5 Å². The molecule has 4 rings (SSSR count). The van der Waals surface area contributed by atoms with Crippen LogP contribution in [0.15, 0.2) is 27.4 Å². The van der Waals surface area contributed by atoms with E-state index in [-0.39, 0.29) is 12.5 Å². The van der Waals surface area contributed by atoms with Crippen LogP contribution in [0.2, 0.25) is 0 Å². The van der Waals surface area contributed by atoms with E-state index >= 15 is 0 Å². The Morgan fingerprint density at radius 1 is 1.16 bits per heavy atom. The molecule has 0 atom stereocenters. The molecule has 1 spiro atoms. The number of hydrogen-bond donors (Lipinski definition) is 1. The topological polar surface area (TPSA) is 106 Å². The smallest absolute Gasteiger partial charge is 0.336 e. The van der Waals surface area contributed by atoms with Crippen LogP contribution in [-0.2, 0) is 20.9 Å². The van der Waals surface area contributed by atoms with Crippen LogP contribution < -0.4 is 10.9 Å². The number of nitrogens with one attached hydrogen (secondary N) is 1. The monoisotopic (exact) mass is 426 g/mol. The summed E-state index contributed by atoms with van der Waals surface area (Å²) in [5, 5.41) is 3.47. The number of rotatable bonds is 4. The summed E-state index contributed by atoms with van der Waals surface area (Å²) in [5.41, 5.74) is 1.49. The Kier molecular flexibility index (Phi) is 5.33. The summed E-state index contributed by atoms with van der Waals surface area (Å²) in [6.45, 7) is 5.36. The van der Waals surface area contributed by atoms with Gasteiger partial charge in [-0.1, -0.05) is 6.92 Å². The Morgan fingerprint density at radius 2 is 1.84 bits per heavy atom. The van der Waals surface area contributed by atoms with E-state index in [0.717, 1.165) is 28.9 Å². The molecule has 1 saturated carbocycles. The van der Waals surface area contributed by atoms with Gasteiger partial charge in [-0.3, -0.25) is 14.5 Å². The van der Waals surface area contributed by atoms with Gasteiger partial charge in [-0.15, -0.1) is 0 Å². The minimum absolute atomic E-state index is 0.157. The fraction of sp³-hybridized carbons (Fsp3) is 0.478. The first-order chi connectivity index (χ1) is 14.7. The summed E-state index contributed by atoms with van der Waals surface area (Å²) in [7, 11) is 0. The number of amides is 3. The molecule has 2 aliphatic rings. The highest BCUT2D eigenvalue weighted by Crippen LogP contribution is 2.36. The number of esters is 1. The summed E-state index contributed by atoms with van der Waals surface area (Å²) < 4.78 is 10.6. The molecule has 1 aromatic carbocycles. The van der Waals surface area contributed by atoms with E-state index < -0.39 is 29.7 Å². The van der Waals surface area contributed by atoms with E-state index in [0.29, 0.717) is 35.3 Å². The lowest BCUT2D eigenvalue weighted by Gasteiger charge is -2.33. The molecule has 31 heavy (non-hydrogen) atoms. The molecule has 8 nitrogen and oxygen atoms in total. The molecule has 1 aromatic heterocycles. The summed E-state index contributed by atoms with van der Waals surface area (Å²) in [4.78, 5) is 50.5. The lowest BCUT2D eigenvalue weighted by Crippen LogP contribution is -2.49. The van der Waals surface area contributed by atoms with Crippen LogP contribution in [-0.4, -0.2) is 34.9 Å². The van der Waals surface area contributed by atoms with E-state index in [4.69, 9.17) is 9.15 Å². The van der Waals surface area contributed by atoms with Gasteiger partial charge in [-0.05, 0) is 68.7 Å². The molecule has 8 heteroatoms. The molecule has 1 saturated heterocycles. The highest BCUT2D eigenvalue weighted by molar-refractivity contribution is 6.08. The van der Waals surface area contributed by atoms with Gasteiger partial charge in [0.25, 0.3) is 5.91 Å². The molecule has 1 N–H and O–H groups in total. The zero-order chi connectivity index (χ0) is 22.3. The van der Waals surface area contributed by atoms with Crippen molar-refractivity contribution in [2.75, 3.05) is 6.54 Å². The SMILES string of the molecule is Cc1cc2oc(=O)cc(COC(=O)CN3C(=O)NC4(CCC(C)CC4)C3=O)c2cc1C. The Hall–Kier alpha value is -3.16. The maximum Gasteiger partial charge on any atom is 0.336 e. The van der Waals surface area contributed by atoms with Gasteiger partial charge in [-0.25, -0.2) is 9.59 Å². The molecular formula is C23H26N2O6. The van der Waals surface area contributed by atoms with Crippen LogP contribution in [0.4, 0.5) is 4.79 Å². The third kappa shape index (κ3) is 3.94. The minimum atomic E-state index is -0.895. The molecule has 1 aliphatic heterocycles. The van der Waals surface area contributed by atoms with Crippen LogP contribution in [0.1, 0.15) is 49.3 Å². The van der Waals surface area contributed by atoms with Gasteiger partial charge in [0.1, 0.15) is 24.3 Å². The maximum atomic E-state index is 12.9. The van der Waals surface area contributed by atoms with Crippen molar-refractivity contribution in [3.8, 4) is 0 Å². The van der Waals surface area contributed by atoms with Crippen molar-refractivity contribution in [2.24, 2.45) is 5.92 Å². The van der Waals surface area contributed by atoms with Crippen molar-refractivity contribution in [3.63, 3.8) is 0 Å². The highest BCUT2D eigenvalue weighted by atomic mass is 16.5. The zero-order valence-corrected chi connectivity index (χ0v) is 17.9. The Labute approximate surface area is 179 Å². The number of nitrogens with zero attached hydrogens (tertiary/aromatic N) is 1. The molecule has 3 amide bonds. The fourth-order valence-corrected chi connectivity index (χ4v) is 4.35. The van der Waals surface area contributed by atoms with Crippen LogP contribution in [0.3, 0.4) is 0 Å². The van der Waals surface area contributed by atoms with Crippen molar-refractivity contribution < 1.29 is 23.5 Å². The number of imide groups is 1. The molecule has 2 heterocycles. The Balaban J connectivity index is 1.45. The predicted octanol–water partition coefficient (Wildman–Crippen LogP) is 2.95. The molecule has 0 unspecified atom stereocenters. The van der Waals surface area contributed by atoms with E-state index in [1.54, 1.807) is 6.07 Å². The van der Waals surface area contributed by atoms with Crippen LogP contribution >= 0.6 is 0 Å². The van der Waals surface area contributed by atoms with Crippen molar-refractivity contribution in [3.05, 3.63) is 45.3 Å². The average Bonchev–Trinajstić information content (AvgIpc) is 2.94. The summed E-state index contributed by atoms with van der Waals surface area (Å²) in [5.74, 6) is -0.562. The number of benzene rings is 1. The van der Waals surface area contributed by atoms with Crippen LogP contribution in [0.5, 0.6) is 0 Å². The summed E-state index contributed by atoms with van der Waals surface area (Å²) >= 11 is 0. The first kappa shape index (κ1) is 21.1. The lowest BCUT2D eigenvalue weighted by molar-refractivity contribution is -0.149. The second-order valence-electron chi connectivity index (χ2n) is 8.77. The number of ether oxygens (including phenoxy) is 1. The van der Waals surface area contributed by atoms with E-state index in [1.165, 1.54) is 6.07 Å². The van der Waals surface area contributed by atoms with Gasteiger partial charge in [0.15, 0.2) is 0 Å². The second-order valence-corrected chi connectivity index (χ2v) is 8.77. The maximum absolute atomic E-state index is 12.9. The second kappa shape index (κ2) is 7.83. The Morgan fingerprint density at radius 3 is 2.55 bits per heavy atom. The number of aryl methyl sites for hydroxylation is 2. The summed E-state index contributed by atoms with van der Waals surface area (Å²) in [6.07, 6.45) is 2.86. The first-order valence-corrected chi connectivity index (χ1v) is 10.5. The molecule has 0 radical (unpaired) electrons. The quantitative estimate of drug-likeness (QED) is 0.458. The molecule has 2 fully saturated rings. The zero-order valence-electron chi connectivity index (χ0n) is 17.9. The van der Waals surface area contributed by atoms with E-state index in [1.807, 2.05) is 19.9 Å². The third-order valence-electron chi connectivity index (χ3n) is 6.49. The van der Waals surface area contributed by atoms with Crippen LogP contribution in [0, 0.1) is 19.8 Å². The molecule has 1 aliphatic carbocycles. The standard InChI is InChI=1S/C23H26N2O6/c1-13-4-6-23(7-5-13)21(28)25(22(29)24-23)11-20(27)30-12-16-10-19(26)31-18-9-15(3)14(2)8-17(16)18/h8-10,13H,4-7,11-12H2,1-3H3,(H,24,29). The first-order valence-electron chi connectivity index (χ1n) is 10.5. The van der Waals surface area contributed by atoms with Crippen molar-refractivity contribution in [1.82, 2.24) is 10.2 Å². The molecular weight excluding hydrogens is 400 g/mol. The molecule has 0 bridgehead atoms. The summed E-state index contributed by atoms with van der Waals surface area (Å²) in [6, 6.07) is 4.38. The minimum Gasteiger partial charge on any atom is -0.459 e. The van der Waals surface area contributed by atoms with Crippen molar-refractivity contribution >= 4 is 28.9 Å². The van der Waals surface area contributed by atoms with Gasteiger partial charge in [0, 0.05) is 17.0 Å².